The molecule has 116 valence electrons. The van der Waals surface area contributed by atoms with E-state index in [2.05, 4.69) is 22.4 Å². The van der Waals surface area contributed by atoms with E-state index in [9.17, 15) is 4.79 Å². The highest BCUT2D eigenvalue weighted by Crippen LogP contribution is 2.17. The highest BCUT2D eigenvalue weighted by Gasteiger charge is 2.13. The second kappa shape index (κ2) is 8.44. The smallest absolute Gasteiger partial charge is 0.233 e. The van der Waals surface area contributed by atoms with E-state index in [1.807, 2.05) is 31.2 Å². The first-order valence-electron chi connectivity index (χ1n) is 7.11. The first kappa shape index (κ1) is 16.4. The molecule has 0 saturated heterocycles. The zero-order valence-corrected chi connectivity index (χ0v) is 13.6. The molecule has 2 aromatic rings. The summed E-state index contributed by atoms with van der Waals surface area (Å²) in [7, 11) is 1.58. The zero-order valence-electron chi connectivity index (χ0n) is 12.8. The van der Waals surface area contributed by atoms with Gasteiger partial charge in [-0.15, -0.1) is 11.8 Å². The number of carbonyl (C=O) groups excluding carboxylic acids is 1. The number of methoxy groups -OCH3 is 1. The number of carbonyl (C=O) groups is 1. The lowest BCUT2D eigenvalue weighted by Gasteiger charge is -2.12. The Hall–Kier alpha value is -2.01. The van der Waals surface area contributed by atoms with E-state index in [0.29, 0.717) is 12.4 Å². The van der Waals surface area contributed by atoms with Crippen LogP contribution in [0.3, 0.4) is 0 Å². The fourth-order valence-corrected chi connectivity index (χ4v) is 2.71. The molecule has 1 aromatic carbocycles. The second-order valence-electron chi connectivity index (χ2n) is 4.87. The second-order valence-corrected chi connectivity index (χ2v) is 6.19. The number of hydrogen-bond donors (Lipinski definition) is 1. The van der Waals surface area contributed by atoms with Crippen molar-refractivity contribution in [3.63, 3.8) is 0 Å². The number of pyridine rings is 1. The van der Waals surface area contributed by atoms with E-state index in [4.69, 9.17) is 4.74 Å². The molecule has 1 heterocycles. The highest BCUT2D eigenvalue weighted by molar-refractivity contribution is 7.99. The summed E-state index contributed by atoms with van der Waals surface area (Å²) in [5, 5.41) is 2.84. The molecule has 22 heavy (non-hydrogen) atoms. The standard InChI is InChI=1S/C17H20N2O2S/c1-13(22-12-14-6-4-3-5-7-14)17(20)19-11-15-8-9-16(21-2)18-10-15/h3-10,13H,11-12H2,1-2H3,(H,19,20). The van der Waals surface area contributed by atoms with Gasteiger partial charge in [0.2, 0.25) is 11.8 Å². The van der Waals surface area contributed by atoms with E-state index in [-0.39, 0.29) is 11.2 Å². The Balaban J connectivity index is 1.76. The van der Waals surface area contributed by atoms with Gasteiger partial charge in [0, 0.05) is 24.6 Å². The molecule has 0 radical (unpaired) electrons. The van der Waals surface area contributed by atoms with E-state index in [0.717, 1.165) is 11.3 Å². The van der Waals surface area contributed by atoms with Crippen molar-refractivity contribution >= 4 is 17.7 Å². The SMILES string of the molecule is COc1ccc(CNC(=O)C(C)SCc2ccccc2)cn1. The third-order valence-electron chi connectivity index (χ3n) is 3.19. The topological polar surface area (TPSA) is 51.2 Å². The maximum Gasteiger partial charge on any atom is 0.233 e. The van der Waals surface area contributed by atoms with Crippen molar-refractivity contribution in [3.05, 3.63) is 59.8 Å². The Morgan fingerprint density at radius 3 is 2.64 bits per heavy atom. The minimum atomic E-state index is -0.0913. The van der Waals surface area contributed by atoms with Gasteiger partial charge in [-0.3, -0.25) is 4.79 Å². The van der Waals surface area contributed by atoms with Crippen LogP contribution in [0.4, 0.5) is 0 Å². The van der Waals surface area contributed by atoms with Crippen molar-refractivity contribution in [1.29, 1.82) is 0 Å². The number of ether oxygens (including phenoxy) is 1. The van der Waals surface area contributed by atoms with Crippen molar-refractivity contribution in [1.82, 2.24) is 10.3 Å². The van der Waals surface area contributed by atoms with E-state index in [1.165, 1.54) is 5.56 Å². The number of thioether (sulfide) groups is 1. The van der Waals surface area contributed by atoms with Crippen LogP contribution in [0, 0.1) is 0 Å². The first-order valence-corrected chi connectivity index (χ1v) is 8.16. The number of rotatable bonds is 7. The van der Waals surface area contributed by atoms with Gasteiger partial charge in [0.25, 0.3) is 0 Å². The van der Waals surface area contributed by atoms with Crippen molar-refractivity contribution in [2.24, 2.45) is 0 Å². The van der Waals surface area contributed by atoms with Gasteiger partial charge in [-0.25, -0.2) is 4.98 Å². The number of nitrogens with one attached hydrogen (secondary N) is 1. The Morgan fingerprint density at radius 2 is 2.00 bits per heavy atom. The lowest BCUT2D eigenvalue weighted by Crippen LogP contribution is -2.30. The monoisotopic (exact) mass is 316 g/mol. The molecule has 5 heteroatoms. The van der Waals surface area contributed by atoms with Crippen molar-refractivity contribution in [2.75, 3.05) is 7.11 Å². The maximum atomic E-state index is 12.1. The minimum Gasteiger partial charge on any atom is -0.481 e. The molecule has 1 amide bonds. The molecule has 1 N–H and O–H groups in total. The third kappa shape index (κ3) is 5.07. The predicted octanol–water partition coefficient (Wildman–Crippen LogP) is 3.03. The van der Waals surface area contributed by atoms with Crippen LogP contribution in [0.15, 0.2) is 48.7 Å². The Kier molecular flexibility index (Phi) is 6.27. The summed E-state index contributed by atoms with van der Waals surface area (Å²) in [6.07, 6.45) is 1.71. The maximum absolute atomic E-state index is 12.1. The molecule has 0 aliphatic heterocycles. The van der Waals surface area contributed by atoms with Gasteiger partial charge in [0.05, 0.1) is 12.4 Å². The molecular weight excluding hydrogens is 296 g/mol. The van der Waals surface area contributed by atoms with Gasteiger partial charge in [-0.2, -0.15) is 0 Å². The molecule has 1 atom stereocenters. The number of nitrogens with zero attached hydrogens (tertiary/aromatic N) is 1. The minimum absolute atomic E-state index is 0.0387. The Morgan fingerprint density at radius 1 is 1.23 bits per heavy atom. The zero-order chi connectivity index (χ0) is 15.8. The fourth-order valence-electron chi connectivity index (χ4n) is 1.84. The van der Waals surface area contributed by atoms with Crippen LogP contribution < -0.4 is 10.1 Å². The molecule has 0 bridgehead atoms. The number of benzene rings is 1. The molecule has 1 unspecified atom stereocenters. The van der Waals surface area contributed by atoms with Crippen molar-refractivity contribution in [3.8, 4) is 5.88 Å². The summed E-state index contributed by atoms with van der Waals surface area (Å²) in [6, 6.07) is 13.8. The van der Waals surface area contributed by atoms with Crippen LogP contribution in [0.2, 0.25) is 0 Å². The van der Waals surface area contributed by atoms with Gasteiger partial charge >= 0.3 is 0 Å². The molecule has 0 fully saturated rings. The number of aromatic nitrogens is 1. The van der Waals surface area contributed by atoms with Crippen LogP contribution in [0.1, 0.15) is 18.1 Å². The Labute approximate surface area is 135 Å². The molecule has 1 aromatic heterocycles. The van der Waals surface area contributed by atoms with Crippen LogP contribution in [0.5, 0.6) is 5.88 Å². The molecular formula is C17H20N2O2S. The van der Waals surface area contributed by atoms with Crippen LogP contribution in [-0.4, -0.2) is 23.3 Å². The van der Waals surface area contributed by atoms with Crippen LogP contribution >= 0.6 is 11.8 Å². The fraction of sp³-hybridized carbons (Fsp3) is 0.294. The van der Waals surface area contributed by atoms with E-state index in [1.54, 1.807) is 31.1 Å². The van der Waals surface area contributed by atoms with E-state index >= 15 is 0 Å². The lowest BCUT2D eigenvalue weighted by atomic mass is 10.2. The summed E-state index contributed by atoms with van der Waals surface area (Å²) >= 11 is 1.63. The van der Waals surface area contributed by atoms with Crippen LogP contribution in [-0.2, 0) is 17.1 Å². The first-order chi connectivity index (χ1) is 10.7. The van der Waals surface area contributed by atoms with Gasteiger partial charge in [-0.1, -0.05) is 36.4 Å². The summed E-state index contributed by atoms with van der Waals surface area (Å²) in [5.74, 6) is 1.44. The average Bonchev–Trinajstić information content (AvgIpc) is 2.58. The van der Waals surface area contributed by atoms with Gasteiger partial charge in [0.15, 0.2) is 0 Å². The average molecular weight is 316 g/mol. The van der Waals surface area contributed by atoms with Crippen LogP contribution in [0.25, 0.3) is 0 Å². The van der Waals surface area contributed by atoms with Gasteiger partial charge in [-0.05, 0) is 18.1 Å². The van der Waals surface area contributed by atoms with Crippen molar-refractivity contribution < 1.29 is 9.53 Å². The van der Waals surface area contributed by atoms with Crippen molar-refractivity contribution in [2.45, 2.75) is 24.5 Å². The van der Waals surface area contributed by atoms with Gasteiger partial charge < -0.3 is 10.1 Å². The van der Waals surface area contributed by atoms with Gasteiger partial charge in [0.1, 0.15) is 0 Å². The summed E-state index contributed by atoms with van der Waals surface area (Å²) in [4.78, 5) is 16.2. The highest BCUT2D eigenvalue weighted by atomic mass is 32.2. The molecule has 2 rings (SSSR count). The third-order valence-corrected chi connectivity index (χ3v) is 4.40. The summed E-state index contributed by atoms with van der Waals surface area (Å²) in [6.45, 7) is 2.40. The quantitative estimate of drug-likeness (QED) is 0.853. The normalized spacial score (nSPS) is 11.7. The summed E-state index contributed by atoms with van der Waals surface area (Å²) < 4.78 is 5.01. The van der Waals surface area contributed by atoms with E-state index < -0.39 is 0 Å². The number of hydrogen-bond acceptors (Lipinski definition) is 4. The molecule has 0 spiro atoms. The number of amides is 1. The molecule has 4 nitrogen and oxygen atoms in total. The molecule has 0 aliphatic rings. The predicted molar refractivity (Wildman–Crippen MR) is 89.8 cm³/mol. The Bertz CT molecular complexity index is 587. The summed E-state index contributed by atoms with van der Waals surface area (Å²) in [5.41, 5.74) is 2.18. The lowest BCUT2D eigenvalue weighted by molar-refractivity contribution is -0.120. The largest absolute Gasteiger partial charge is 0.481 e. The molecule has 0 saturated carbocycles. The molecule has 0 aliphatic carbocycles.